The van der Waals surface area contributed by atoms with Crippen LogP contribution in [0.25, 0.3) is 125 Å². The van der Waals surface area contributed by atoms with E-state index >= 15 is 0 Å². The largest absolute Gasteiger partial charge is 0.306 e. The van der Waals surface area contributed by atoms with Gasteiger partial charge >= 0.3 is 0 Å². The van der Waals surface area contributed by atoms with Gasteiger partial charge in [0.15, 0.2) is 0 Å². The summed E-state index contributed by atoms with van der Waals surface area (Å²) < 4.78 is 2.11. The molecular formula is C55H32N2. The zero-order valence-corrected chi connectivity index (χ0v) is 30.9. The van der Waals surface area contributed by atoms with Gasteiger partial charge in [0.1, 0.15) is 5.65 Å². The van der Waals surface area contributed by atoms with Gasteiger partial charge in [-0.25, -0.2) is 4.98 Å². The smallest absolute Gasteiger partial charge is 0.137 e. The molecule has 2 heterocycles. The molecule has 0 unspecified atom stereocenters. The molecule has 13 aromatic rings. The van der Waals surface area contributed by atoms with Crippen LogP contribution >= 0.6 is 0 Å². The lowest BCUT2D eigenvalue weighted by Gasteiger charge is -2.18. The highest BCUT2D eigenvalue weighted by Crippen LogP contribution is 2.47. The van der Waals surface area contributed by atoms with Gasteiger partial charge in [-0.15, -0.1) is 0 Å². The molecule has 2 heteroatoms. The molecule has 0 fully saturated rings. The van der Waals surface area contributed by atoms with E-state index in [1.165, 1.54) is 114 Å². The molecule has 0 N–H and O–H groups in total. The van der Waals surface area contributed by atoms with Gasteiger partial charge in [-0.3, -0.25) is 0 Å². The van der Waals surface area contributed by atoms with Gasteiger partial charge in [0, 0.05) is 18.0 Å². The number of imidazole rings is 1. The third kappa shape index (κ3) is 4.27. The van der Waals surface area contributed by atoms with Crippen molar-refractivity contribution in [1.82, 2.24) is 9.38 Å². The summed E-state index contributed by atoms with van der Waals surface area (Å²) in [5, 5.41) is 20.5. The molecule has 2 nitrogen and oxygen atoms in total. The van der Waals surface area contributed by atoms with Gasteiger partial charge in [-0.05, 0) is 127 Å². The molecular weight excluding hydrogens is 689 g/mol. The summed E-state index contributed by atoms with van der Waals surface area (Å²) in [5.41, 5.74) is 8.01. The van der Waals surface area contributed by atoms with Crippen LogP contribution in [-0.4, -0.2) is 9.38 Å². The van der Waals surface area contributed by atoms with Gasteiger partial charge in [0.05, 0.1) is 5.69 Å². The average Bonchev–Trinajstić information content (AvgIpc) is 3.70. The molecule has 0 amide bonds. The Morgan fingerprint density at radius 2 is 0.807 bits per heavy atom. The molecule has 0 aliphatic carbocycles. The maximum absolute atomic E-state index is 5.10. The second kappa shape index (κ2) is 11.5. The summed E-state index contributed by atoms with van der Waals surface area (Å²) in [6.07, 6.45) is 4.22. The van der Waals surface area contributed by atoms with Gasteiger partial charge in [0.25, 0.3) is 0 Å². The van der Waals surface area contributed by atoms with E-state index in [0.29, 0.717) is 0 Å². The molecule has 0 radical (unpaired) electrons. The lowest BCUT2D eigenvalue weighted by molar-refractivity contribution is 1.19. The quantitative estimate of drug-likeness (QED) is 0.131. The van der Waals surface area contributed by atoms with Gasteiger partial charge in [0.2, 0.25) is 0 Å². The Hall–Kier alpha value is -7.55. The van der Waals surface area contributed by atoms with E-state index < -0.39 is 0 Å². The standard InChI is InChI=1S/C55H32N2/c1-3-16-43-38(14-1)50(39-15-2-4-17-44(39)54(43)48-32-57-30-6-5-23-49(57)56-48)36-26-24-33(25-27-36)47-31-37-13-9-20-41-40-18-7-11-34-28-29-35-12-8-19-42(52(35)51(34)40)45-21-10-22-46(47)55(45)53(37)41/h1-32H. The minimum Gasteiger partial charge on any atom is -0.306 e. The Kier molecular flexibility index (Phi) is 6.19. The topological polar surface area (TPSA) is 17.3 Å². The van der Waals surface area contributed by atoms with Crippen LogP contribution in [0.1, 0.15) is 0 Å². The van der Waals surface area contributed by atoms with E-state index in [4.69, 9.17) is 4.98 Å². The van der Waals surface area contributed by atoms with Crippen molar-refractivity contribution in [3.63, 3.8) is 0 Å². The predicted octanol–water partition coefficient (Wildman–Crippen LogP) is 15.0. The van der Waals surface area contributed by atoms with Crippen LogP contribution in [0, 0.1) is 0 Å². The Labute approximate surface area is 327 Å². The summed E-state index contributed by atoms with van der Waals surface area (Å²) in [6.45, 7) is 0. The maximum Gasteiger partial charge on any atom is 0.137 e. The first-order valence-electron chi connectivity index (χ1n) is 19.7. The minimum atomic E-state index is 0.946. The molecule has 11 aromatic carbocycles. The number of fused-ring (bicyclic) bond motifs is 5. The van der Waals surface area contributed by atoms with Crippen molar-refractivity contribution in [2.24, 2.45) is 0 Å². The van der Waals surface area contributed by atoms with E-state index in [1.807, 2.05) is 6.07 Å². The van der Waals surface area contributed by atoms with Crippen LogP contribution in [0.15, 0.2) is 194 Å². The average molecular weight is 721 g/mol. The highest BCUT2D eigenvalue weighted by molar-refractivity contribution is 6.38. The lowest BCUT2D eigenvalue weighted by atomic mass is 9.85. The maximum atomic E-state index is 5.10. The van der Waals surface area contributed by atoms with Crippen molar-refractivity contribution in [1.29, 1.82) is 0 Å². The summed E-state index contributed by atoms with van der Waals surface area (Å²) in [4.78, 5) is 5.10. The van der Waals surface area contributed by atoms with Crippen molar-refractivity contribution >= 4 is 91.8 Å². The first-order valence-corrected chi connectivity index (χ1v) is 19.7. The third-order valence-electron chi connectivity index (χ3n) is 12.5. The molecule has 0 aliphatic heterocycles. The minimum absolute atomic E-state index is 0.946. The van der Waals surface area contributed by atoms with Crippen molar-refractivity contribution < 1.29 is 0 Å². The van der Waals surface area contributed by atoms with E-state index in [9.17, 15) is 0 Å². The number of benzene rings is 10. The number of pyridine rings is 1. The highest BCUT2D eigenvalue weighted by Gasteiger charge is 2.20. The monoisotopic (exact) mass is 720 g/mol. The second-order valence-electron chi connectivity index (χ2n) is 15.4. The summed E-state index contributed by atoms with van der Waals surface area (Å²) in [7, 11) is 0. The van der Waals surface area contributed by atoms with Crippen LogP contribution in [0.4, 0.5) is 0 Å². The van der Waals surface area contributed by atoms with Crippen molar-refractivity contribution in [3.8, 4) is 33.5 Å². The molecule has 0 saturated heterocycles. The number of hydrogen-bond acceptors (Lipinski definition) is 1. The Bertz CT molecular complexity index is 3700. The fourth-order valence-corrected chi connectivity index (χ4v) is 10.1. The van der Waals surface area contributed by atoms with Gasteiger partial charge < -0.3 is 4.40 Å². The van der Waals surface area contributed by atoms with E-state index in [1.54, 1.807) is 0 Å². The molecule has 262 valence electrons. The second-order valence-corrected chi connectivity index (χ2v) is 15.4. The molecule has 0 bridgehead atoms. The first kappa shape index (κ1) is 30.7. The Morgan fingerprint density at radius 1 is 0.333 bits per heavy atom. The van der Waals surface area contributed by atoms with Crippen LogP contribution in [0.5, 0.6) is 0 Å². The third-order valence-corrected chi connectivity index (χ3v) is 12.5. The number of aromatic nitrogens is 2. The number of hydrogen-bond donors (Lipinski definition) is 0. The molecule has 57 heavy (non-hydrogen) atoms. The van der Waals surface area contributed by atoms with Gasteiger partial charge in [-0.1, -0.05) is 164 Å². The number of nitrogens with zero attached hydrogens (tertiary/aromatic N) is 2. The lowest BCUT2D eigenvalue weighted by Crippen LogP contribution is -1.92. The molecule has 0 spiro atoms. The molecule has 0 saturated carbocycles. The van der Waals surface area contributed by atoms with Gasteiger partial charge in [-0.2, -0.15) is 0 Å². The SMILES string of the molecule is c1ccc2c(-c3cn4ccccc4n3)c3ccccc3c(-c3ccc(-c4cc5cccc6c7cccc8ccc9cccc(c%10cccc4c%10c56)c9c87)cc3)c2c1. The zero-order valence-electron chi connectivity index (χ0n) is 30.9. The van der Waals surface area contributed by atoms with Crippen molar-refractivity contribution in [2.75, 3.05) is 0 Å². The van der Waals surface area contributed by atoms with Crippen molar-refractivity contribution in [2.45, 2.75) is 0 Å². The van der Waals surface area contributed by atoms with Crippen LogP contribution in [0.2, 0.25) is 0 Å². The van der Waals surface area contributed by atoms with Crippen LogP contribution in [0.3, 0.4) is 0 Å². The van der Waals surface area contributed by atoms with Crippen LogP contribution in [-0.2, 0) is 0 Å². The first-order chi connectivity index (χ1) is 28.3. The Morgan fingerprint density at radius 3 is 1.42 bits per heavy atom. The number of rotatable bonds is 3. The predicted molar refractivity (Wildman–Crippen MR) is 243 cm³/mol. The summed E-state index contributed by atoms with van der Waals surface area (Å²) >= 11 is 0. The molecule has 13 rings (SSSR count). The fourth-order valence-electron chi connectivity index (χ4n) is 10.1. The fraction of sp³-hybridized carbons (Fsp3) is 0. The molecule has 0 aliphatic rings. The van der Waals surface area contributed by atoms with E-state index in [-0.39, 0.29) is 0 Å². The Balaban J connectivity index is 1.07. The zero-order chi connectivity index (χ0) is 37.2. The molecule has 0 atom stereocenters. The van der Waals surface area contributed by atoms with E-state index in [0.717, 1.165) is 11.3 Å². The van der Waals surface area contributed by atoms with Crippen LogP contribution < -0.4 is 0 Å². The highest BCUT2D eigenvalue weighted by atomic mass is 15.0. The summed E-state index contributed by atoms with van der Waals surface area (Å²) in [5.74, 6) is 0. The molecule has 2 aromatic heterocycles. The van der Waals surface area contributed by atoms with Crippen molar-refractivity contribution in [3.05, 3.63) is 194 Å². The van der Waals surface area contributed by atoms with E-state index in [2.05, 4.69) is 193 Å². The normalized spacial score (nSPS) is 12.2. The summed E-state index contributed by atoms with van der Waals surface area (Å²) in [6, 6.07) is 67.4.